The summed E-state index contributed by atoms with van der Waals surface area (Å²) in [7, 11) is 0. The molecule has 2 nitrogen and oxygen atoms in total. The largest absolute Gasteiger partial charge is 0.273 e. The van der Waals surface area contributed by atoms with Crippen molar-refractivity contribution in [3.8, 4) is 0 Å². The summed E-state index contributed by atoms with van der Waals surface area (Å²) in [6.45, 7) is 5.94. The van der Waals surface area contributed by atoms with Crippen molar-refractivity contribution < 1.29 is 4.79 Å². The first-order chi connectivity index (χ1) is 5.70. The van der Waals surface area contributed by atoms with Crippen LogP contribution in [0.3, 0.4) is 0 Å². The number of hydrogen-bond acceptors (Lipinski definition) is 1. The maximum Gasteiger partial charge on any atom is 0.245 e. The van der Waals surface area contributed by atoms with E-state index in [4.69, 9.17) is 0 Å². The molecule has 0 spiro atoms. The topological polar surface area (TPSA) is 29.4 Å². The molecule has 0 bridgehead atoms. The molecule has 1 amide bonds. The third-order valence-corrected chi connectivity index (χ3v) is 1.76. The Kier molecular flexibility index (Phi) is 6.63. The molecular weight excluding hydrogens is 150 g/mol. The van der Waals surface area contributed by atoms with Gasteiger partial charge in [0.05, 0.1) is 0 Å². The van der Waals surface area contributed by atoms with Crippen LogP contribution >= 0.6 is 0 Å². The third kappa shape index (κ3) is 6.08. The van der Waals surface area contributed by atoms with Gasteiger partial charge in [-0.05, 0) is 19.8 Å². The molecular formula is C10H19NO. The standard InChI is InChI=1S/C10H19NO/c1-4-6-7-8-9(3)11-10(12)5-2/h4-8H2,1-3H3. The number of nitrogens with zero attached hydrogens (tertiary/aromatic N) is 1. The molecule has 2 heteroatoms. The molecule has 12 heavy (non-hydrogen) atoms. The highest BCUT2D eigenvalue weighted by Gasteiger charge is 1.96. The minimum Gasteiger partial charge on any atom is -0.273 e. The van der Waals surface area contributed by atoms with Crippen LogP contribution in [0.25, 0.3) is 0 Å². The predicted molar refractivity (Wildman–Crippen MR) is 52.5 cm³/mol. The van der Waals surface area contributed by atoms with E-state index in [1.165, 1.54) is 12.8 Å². The van der Waals surface area contributed by atoms with E-state index >= 15 is 0 Å². The van der Waals surface area contributed by atoms with Crippen LogP contribution in [-0.2, 0) is 4.79 Å². The molecule has 0 aliphatic carbocycles. The number of hydrogen-bond donors (Lipinski definition) is 0. The number of amides is 1. The number of carbonyl (C=O) groups is 1. The summed E-state index contributed by atoms with van der Waals surface area (Å²) in [6.07, 6.45) is 5.09. The van der Waals surface area contributed by atoms with Gasteiger partial charge in [0, 0.05) is 12.1 Å². The number of carbonyl (C=O) groups excluding carboxylic acids is 1. The Labute approximate surface area is 75.1 Å². The second kappa shape index (κ2) is 7.01. The average Bonchev–Trinajstić information content (AvgIpc) is 2.05. The van der Waals surface area contributed by atoms with Crippen molar-refractivity contribution >= 4 is 11.6 Å². The fourth-order valence-corrected chi connectivity index (χ4v) is 0.979. The molecule has 0 heterocycles. The van der Waals surface area contributed by atoms with Crippen molar-refractivity contribution in [3.05, 3.63) is 0 Å². The summed E-state index contributed by atoms with van der Waals surface area (Å²) in [5.74, 6) is 0.00370. The van der Waals surface area contributed by atoms with E-state index in [9.17, 15) is 4.79 Å². The summed E-state index contributed by atoms with van der Waals surface area (Å²) in [5, 5.41) is 0. The van der Waals surface area contributed by atoms with Crippen molar-refractivity contribution in [3.63, 3.8) is 0 Å². The summed E-state index contributed by atoms with van der Waals surface area (Å²) in [4.78, 5) is 14.8. The van der Waals surface area contributed by atoms with Gasteiger partial charge in [0.25, 0.3) is 0 Å². The minimum absolute atomic E-state index is 0.00370. The third-order valence-electron chi connectivity index (χ3n) is 1.76. The van der Waals surface area contributed by atoms with Gasteiger partial charge in [-0.1, -0.05) is 26.7 Å². The fraction of sp³-hybridized carbons (Fsp3) is 0.800. The lowest BCUT2D eigenvalue weighted by molar-refractivity contribution is -0.117. The highest BCUT2D eigenvalue weighted by atomic mass is 16.1. The second-order valence-corrected chi connectivity index (χ2v) is 3.05. The van der Waals surface area contributed by atoms with Crippen molar-refractivity contribution in [2.24, 2.45) is 4.99 Å². The zero-order valence-corrected chi connectivity index (χ0v) is 8.39. The Morgan fingerprint density at radius 1 is 1.25 bits per heavy atom. The molecule has 70 valence electrons. The maximum atomic E-state index is 10.9. The highest BCUT2D eigenvalue weighted by Crippen LogP contribution is 2.01. The molecule has 0 aromatic carbocycles. The molecule has 0 N–H and O–H groups in total. The van der Waals surface area contributed by atoms with Crippen LogP contribution in [0.2, 0.25) is 0 Å². The molecule has 0 saturated carbocycles. The highest BCUT2D eigenvalue weighted by molar-refractivity contribution is 5.94. The Hall–Kier alpha value is -0.660. The first-order valence-corrected chi connectivity index (χ1v) is 4.77. The predicted octanol–water partition coefficient (Wildman–Crippen LogP) is 2.96. The Morgan fingerprint density at radius 2 is 1.92 bits per heavy atom. The van der Waals surface area contributed by atoms with E-state index in [-0.39, 0.29) is 5.91 Å². The van der Waals surface area contributed by atoms with E-state index in [1.54, 1.807) is 0 Å². The van der Waals surface area contributed by atoms with Gasteiger partial charge in [-0.15, -0.1) is 0 Å². The van der Waals surface area contributed by atoms with Crippen molar-refractivity contribution in [2.45, 2.75) is 52.9 Å². The zero-order valence-electron chi connectivity index (χ0n) is 8.39. The summed E-state index contributed by atoms with van der Waals surface area (Å²) in [5.41, 5.74) is 0.982. The molecule has 0 aliphatic rings. The number of aliphatic imine (C=N–C) groups is 1. The summed E-state index contributed by atoms with van der Waals surface area (Å²) >= 11 is 0. The lowest BCUT2D eigenvalue weighted by Gasteiger charge is -1.97. The number of rotatable bonds is 5. The molecule has 0 unspecified atom stereocenters. The van der Waals surface area contributed by atoms with Gasteiger partial charge in [0.15, 0.2) is 0 Å². The molecule has 0 atom stereocenters. The van der Waals surface area contributed by atoms with Crippen LogP contribution in [0, 0.1) is 0 Å². The van der Waals surface area contributed by atoms with Crippen LogP contribution < -0.4 is 0 Å². The van der Waals surface area contributed by atoms with Gasteiger partial charge in [0.2, 0.25) is 5.91 Å². The van der Waals surface area contributed by atoms with Crippen LogP contribution in [0.1, 0.15) is 52.9 Å². The maximum absolute atomic E-state index is 10.9. The quantitative estimate of drug-likeness (QED) is 0.459. The SMILES string of the molecule is CCCCCC(C)=NC(=O)CC. The van der Waals surface area contributed by atoms with Crippen LogP contribution in [0.4, 0.5) is 0 Å². The van der Waals surface area contributed by atoms with E-state index < -0.39 is 0 Å². The van der Waals surface area contributed by atoms with Gasteiger partial charge in [-0.2, -0.15) is 0 Å². The van der Waals surface area contributed by atoms with Gasteiger partial charge in [0.1, 0.15) is 0 Å². The Bertz CT molecular complexity index is 161. The molecule has 0 aliphatic heterocycles. The van der Waals surface area contributed by atoms with Crippen LogP contribution in [-0.4, -0.2) is 11.6 Å². The molecule has 0 aromatic heterocycles. The van der Waals surface area contributed by atoms with E-state index in [1.807, 2.05) is 13.8 Å². The normalized spacial score (nSPS) is 11.8. The zero-order chi connectivity index (χ0) is 9.40. The van der Waals surface area contributed by atoms with E-state index in [0.29, 0.717) is 6.42 Å². The Morgan fingerprint density at radius 3 is 2.42 bits per heavy atom. The fourth-order valence-electron chi connectivity index (χ4n) is 0.979. The lowest BCUT2D eigenvalue weighted by Crippen LogP contribution is -1.98. The van der Waals surface area contributed by atoms with Crippen molar-refractivity contribution in [1.29, 1.82) is 0 Å². The van der Waals surface area contributed by atoms with Gasteiger partial charge < -0.3 is 0 Å². The number of unbranched alkanes of at least 4 members (excludes halogenated alkanes) is 2. The van der Waals surface area contributed by atoms with Crippen molar-refractivity contribution in [2.75, 3.05) is 0 Å². The average molecular weight is 169 g/mol. The summed E-state index contributed by atoms with van der Waals surface area (Å²) in [6, 6.07) is 0. The molecule has 0 radical (unpaired) electrons. The van der Waals surface area contributed by atoms with E-state index in [0.717, 1.165) is 18.6 Å². The van der Waals surface area contributed by atoms with Crippen molar-refractivity contribution in [1.82, 2.24) is 0 Å². The first-order valence-electron chi connectivity index (χ1n) is 4.77. The molecule has 0 saturated heterocycles. The molecule has 0 fully saturated rings. The molecule has 0 aromatic rings. The Balaban J connectivity index is 3.62. The minimum atomic E-state index is 0.00370. The summed E-state index contributed by atoms with van der Waals surface area (Å²) < 4.78 is 0. The monoisotopic (exact) mass is 169 g/mol. The van der Waals surface area contributed by atoms with Crippen LogP contribution in [0.5, 0.6) is 0 Å². The van der Waals surface area contributed by atoms with Crippen LogP contribution in [0.15, 0.2) is 4.99 Å². The van der Waals surface area contributed by atoms with Gasteiger partial charge in [-0.3, -0.25) is 4.79 Å². The second-order valence-electron chi connectivity index (χ2n) is 3.05. The van der Waals surface area contributed by atoms with Gasteiger partial charge in [-0.25, -0.2) is 4.99 Å². The van der Waals surface area contributed by atoms with Gasteiger partial charge >= 0.3 is 0 Å². The first kappa shape index (κ1) is 11.3. The van der Waals surface area contributed by atoms with E-state index in [2.05, 4.69) is 11.9 Å². The smallest absolute Gasteiger partial charge is 0.245 e. The lowest BCUT2D eigenvalue weighted by atomic mass is 10.1. The molecule has 0 rings (SSSR count).